The van der Waals surface area contributed by atoms with E-state index < -0.39 is 23.7 Å². The highest BCUT2D eigenvalue weighted by molar-refractivity contribution is 5.80. The van der Waals surface area contributed by atoms with Gasteiger partial charge in [-0.25, -0.2) is 9.59 Å². The van der Waals surface area contributed by atoms with Crippen molar-refractivity contribution in [1.29, 1.82) is 0 Å². The molecule has 2 rings (SSSR count). The Morgan fingerprint density at radius 1 is 1.39 bits per heavy atom. The lowest BCUT2D eigenvalue weighted by Crippen LogP contribution is -2.54. The Balaban J connectivity index is 2.16. The van der Waals surface area contributed by atoms with E-state index in [2.05, 4.69) is 4.98 Å². The monoisotopic (exact) mass is 320 g/mol. The molecule has 2 heterocycles. The Bertz CT molecular complexity index is 553. The Morgan fingerprint density at radius 2 is 2.13 bits per heavy atom. The summed E-state index contributed by atoms with van der Waals surface area (Å²) in [4.78, 5) is 29.7. The fourth-order valence-corrected chi connectivity index (χ4v) is 2.94. The number of nitrogens with zero attached hydrogens (tertiary/aromatic N) is 2. The van der Waals surface area contributed by atoms with Crippen molar-refractivity contribution in [2.45, 2.75) is 51.7 Å². The fourth-order valence-electron chi connectivity index (χ4n) is 2.94. The van der Waals surface area contributed by atoms with Crippen LogP contribution in [0.25, 0.3) is 0 Å². The number of pyridine rings is 1. The molecule has 6 heteroatoms. The summed E-state index contributed by atoms with van der Waals surface area (Å²) in [7, 11) is 0. The van der Waals surface area contributed by atoms with Gasteiger partial charge in [0.15, 0.2) is 0 Å². The first-order valence-corrected chi connectivity index (χ1v) is 7.90. The minimum atomic E-state index is -0.989. The SMILES string of the molecule is CC(C)(C)OC(=O)N1CCC[C@H](Cc2ccccn2)[C@H]1C(=O)O. The number of hydrogen-bond acceptors (Lipinski definition) is 4. The molecule has 23 heavy (non-hydrogen) atoms. The standard InChI is InChI=1S/C17H24N2O4/c1-17(2,3)23-16(22)19-10-6-7-12(14(19)15(20)21)11-13-8-4-5-9-18-13/h4-5,8-9,12,14H,6-7,10-11H2,1-3H3,(H,20,21)/t12-,14+/m1/s1. The number of amides is 1. The molecule has 0 radical (unpaired) electrons. The summed E-state index contributed by atoms with van der Waals surface area (Å²) in [6, 6.07) is 4.71. The molecule has 6 nitrogen and oxygen atoms in total. The van der Waals surface area contributed by atoms with Gasteiger partial charge in [-0.1, -0.05) is 6.07 Å². The molecule has 0 bridgehead atoms. The average molecular weight is 320 g/mol. The van der Waals surface area contributed by atoms with Crippen molar-refractivity contribution in [3.05, 3.63) is 30.1 Å². The number of carboxylic acid groups (broad SMARTS) is 1. The van der Waals surface area contributed by atoms with Crippen molar-refractivity contribution in [2.24, 2.45) is 5.92 Å². The smallest absolute Gasteiger partial charge is 0.411 e. The van der Waals surface area contributed by atoms with Gasteiger partial charge in [0.05, 0.1) is 0 Å². The number of hydrogen-bond donors (Lipinski definition) is 1. The molecule has 0 unspecified atom stereocenters. The number of carbonyl (C=O) groups is 2. The van der Waals surface area contributed by atoms with Gasteiger partial charge in [-0.05, 0) is 58.1 Å². The van der Waals surface area contributed by atoms with Crippen molar-refractivity contribution >= 4 is 12.1 Å². The van der Waals surface area contributed by atoms with Gasteiger partial charge >= 0.3 is 12.1 Å². The second-order valence-corrected chi connectivity index (χ2v) is 6.88. The van der Waals surface area contributed by atoms with E-state index in [1.807, 2.05) is 18.2 Å². The third kappa shape index (κ3) is 4.68. The number of aromatic nitrogens is 1. The van der Waals surface area contributed by atoms with Gasteiger partial charge in [0, 0.05) is 18.4 Å². The molecule has 1 saturated heterocycles. The van der Waals surface area contributed by atoms with E-state index in [1.165, 1.54) is 4.90 Å². The second-order valence-electron chi connectivity index (χ2n) is 6.88. The van der Waals surface area contributed by atoms with Crippen LogP contribution in [0.4, 0.5) is 4.79 Å². The van der Waals surface area contributed by atoms with E-state index in [-0.39, 0.29) is 5.92 Å². The van der Waals surface area contributed by atoms with Gasteiger partial charge < -0.3 is 9.84 Å². The lowest BCUT2D eigenvalue weighted by Gasteiger charge is -2.39. The molecular weight excluding hydrogens is 296 g/mol. The zero-order chi connectivity index (χ0) is 17.0. The molecule has 0 aromatic carbocycles. The molecule has 1 amide bonds. The summed E-state index contributed by atoms with van der Waals surface area (Å²) < 4.78 is 5.36. The quantitative estimate of drug-likeness (QED) is 0.926. The summed E-state index contributed by atoms with van der Waals surface area (Å²) in [5.41, 5.74) is 0.198. The van der Waals surface area contributed by atoms with Crippen LogP contribution in [0.2, 0.25) is 0 Å². The van der Waals surface area contributed by atoms with E-state index in [1.54, 1.807) is 27.0 Å². The highest BCUT2D eigenvalue weighted by Crippen LogP contribution is 2.28. The summed E-state index contributed by atoms with van der Waals surface area (Å²) >= 11 is 0. The van der Waals surface area contributed by atoms with Crippen LogP contribution in [0.5, 0.6) is 0 Å². The molecule has 0 spiro atoms. The maximum atomic E-state index is 12.4. The molecule has 126 valence electrons. The third-order valence-corrected chi connectivity index (χ3v) is 3.83. The first kappa shape index (κ1) is 17.2. The second kappa shape index (κ2) is 6.98. The van der Waals surface area contributed by atoms with Crippen molar-refractivity contribution in [3.8, 4) is 0 Å². The Hall–Kier alpha value is -2.11. The molecule has 1 N–H and O–H groups in total. The first-order valence-electron chi connectivity index (χ1n) is 7.90. The number of likely N-dealkylation sites (tertiary alicyclic amines) is 1. The zero-order valence-electron chi connectivity index (χ0n) is 13.9. The maximum absolute atomic E-state index is 12.4. The molecule has 2 atom stereocenters. The van der Waals surface area contributed by atoms with Gasteiger partial charge in [-0.15, -0.1) is 0 Å². The van der Waals surface area contributed by atoms with Gasteiger partial charge in [0.2, 0.25) is 0 Å². The number of aliphatic carboxylic acids is 1. The van der Waals surface area contributed by atoms with Gasteiger partial charge in [-0.3, -0.25) is 9.88 Å². The van der Waals surface area contributed by atoms with Crippen LogP contribution in [0.3, 0.4) is 0 Å². The summed E-state index contributed by atoms with van der Waals surface area (Å²) in [6.07, 6.45) is 3.19. The molecule has 1 aliphatic rings. The number of rotatable bonds is 3. The summed E-state index contributed by atoms with van der Waals surface area (Å²) in [6.45, 7) is 5.73. The van der Waals surface area contributed by atoms with Crippen LogP contribution < -0.4 is 0 Å². The predicted molar refractivity (Wildman–Crippen MR) is 85.0 cm³/mol. The lowest BCUT2D eigenvalue weighted by molar-refractivity contribution is -0.146. The van der Waals surface area contributed by atoms with Crippen LogP contribution in [-0.4, -0.2) is 45.2 Å². The van der Waals surface area contributed by atoms with Crippen LogP contribution in [0.15, 0.2) is 24.4 Å². The van der Waals surface area contributed by atoms with E-state index >= 15 is 0 Å². The molecular formula is C17H24N2O4. The fraction of sp³-hybridized carbons (Fsp3) is 0.588. The molecule has 1 aromatic rings. The van der Waals surface area contributed by atoms with Gasteiger partial charge in [-0.2, -0.15) is 0 Å². The zero-order valence-corrected chi connectivity index (χ0v) is 13.9. The Kier molecular flexibility index (Phi) is 5.23. The summed E-state index contributed by atoms with van der Waals surface area (Å²) in [5.74, 6) is -1.15. The molecule has 0 aliphatic carbocycles. The van der Waals surface area contributed by atoms with Crippen LogP contribution in [0.1, 0.15) is 39.3 Å². The largest absolute Gasteiger partial charge is 0.480 e. The number of piperidine rings is 1. The molecule has 1 aromatic heterocycles. The van der Waals surface area contributed by atoms with Crippen LogP contribution in [-0.2, 0) is 16.0 Å². The number of carbonyl (C=O) groups excluding carboxylic acids is 1. The number of carboxylic acids is 1. The topological polar surface area (TPSA) is 79.7 Å². The third-order valence-electron chi connectivity index (χ3n) is 3.83. The first-order chi connectivity index (χ1) is 10.8. The minimum absolute atomic E-state index is 0.163. The predicted octanol–water partition coefficient (Wildman–Crippen LogP) is 2.72. The van der Waals surface area contributed by atoms with Crippen LogP contribution >= 0.6 is 0 Å². The molecule has 1 aliphatic heterocycles. The van der Waals surface area contributed by atoms with E-state index in [4.69, 9.17) is 4.74 Å². The molecule has 1 fully saturated rings. The molecule has 0 saturated carbocycles. The van der Waals surface area contributed by atoms with Crippen molar-refractivity contribution in [2.75, 3.05) is 6.54 Å². The minimum Gasteiger partial charge on any atom is -0.480 e. The van der Waals surface area contributed by atoms with Gasteiger partial charge in [0.1, 0.15) is 11.6 Å². The van der Waals surface area contributed by atoms with Crippen molar-refractivity contribution in [1.82, 2.24) is 9.88 Å². The van der Waals surface area contributed by atoms with E-state index in [0.29, 0.717) is 13.0 Å². The van der Waals surface area contributed by atoms with E-state index in [0.717, 1.165) is 18.5 Å². The van der Waals surface area contributed by atoms with Crippen molar-refractivity contribution < 1.29 is 19.4 Å². The van der Waals surface area contributed by atoms with E-state index in [9.17, 15) is 14.7 Å². The lowest BCUT2D eigenvalue weighted by atomic mass is 9.85. The Labute approximate surface area is 136 Å². The normalized spacial score (nSPS) is 21.8. The Morgan fingerprint density at radius 3 is 2.70 bits per heavy atom. The maximum Gasteiger partial charge on any atom is 0.411 e. The van der Waals surface area contributed by atoms with Crippen LogP contribution in [0, 0.1) is 5.92 Å². The average Bonchev–Trinajstić information content (AvgIpc) is 2.46. The highest BCUT2D eigenvalue weighted by Gasteiger charge is 2.41. The summed E-state index contributed by atoms with van der Waals surface area (Å²) in [5, 5.41) is 9.63. The highest BCUT2D eigenvalue weighted by atomic mass is 16.6. The van der Waals surface area contributed by atoms with Gasteiger partial charge in [0.25, 0.3) is 0 Å². The van der Waals surface area contributed by atoms with Crippen molar-refractivity contribution in [3.63, 3.8) is 0 Å². The number of ether oxygens (including phenoxy) is 1.